The molecule has 0 N–H and O–H groups in total. The van der Waals surface area contributed by atoms with Crippen LogP contribution in [0.25, 0.3) is 0 Å². The maximum absolute atomic E-state index is 12.1. The maximum atomic E-state index is 12.1. The summed E-state index contributed by atoms with van der Waals surface area (Å²) in [5.41, 5.74) is 0. The van der Waals surface area contributed by atoms with Gasteiger partial charge in [0.15, 0.2) is 9.84 Å². The first-order valence-corrected chi connectivity index (χ1v) is 7.70. The van der Waals surface area contributed by atoms with Gasteiger partial charge in [-0.1, -0.05) is 6.92 Å². The van der Waals surface area contributed by atoms with Crippen LogP contribution in [0.4, 0.5) is 0 Å². The Labute approximate surface area is 96.9 Å². The first kappa shape index (κ1) is 11.9. The minimum atomic E-state index is -2.90. The molecule has 1 aliphatic heterocycles. The van der Waals surface area contributed by atoms with Crippen LogP contribution in [0, 0.1) is 11.8 Å². The van der Waals surface area contributed by atoms with Gasteiger partial charge in [-0.05, 0) is 25.2 Å². The second kappa shape index (κ2) is 4.02. The molecule has 0 aromatic carbocycles. The maximum Gasteiger partial charge on any atom is 0.225 e. The van der Waals surface area contributed by atoms with Crippen LogP contribution in [-0.4, -0.2) is 43.8 Å². The van der Waals surface area contributed by atoms with Crippen molar-refractivity contribution in [1.29, 1.82) is 0 Å². The summed E-state index contributed by atoms with van der Waals surface area (Å²) in [4.78, 5) is 13.7. The fraction of sp³-hybridized carbons (Fsp3) is 0.909. The molecule has 2 fully saturated rings. The van der Waals surface area contributed by atoms with Gasteiger partial charge in [0, 0.05) is 19.0 Å². The number of amides is 1. The lowest BCUT2D eigenvalue weighted by Crippen LogP contribution is -2.41. The van der Waals surface area contributed by atoms with E-state index in [9.17, 15) is 13.2 Å². The first-order chi connectivity index (χ1) is 7.41. The van der Waals surface area contributed by atoms with Crippen molar-refractivity contribution in [3.63, 3.8) is 0 Å². The minimum Gasteiger partial charge on any atom is -0.341 e. The standard InChI is InChI=1S/C11H19NO3S/c1-8(9-3-4-9)11(13)12(2)10-5-6-16(14,15)7-10/h8-10H,3-7H2,1-2H3. The monoisotopic (exact) mass is 245 g/mol. The average molecular weight is 245 g/mol. The van der Waals surface area contributed by atoms with Crippen molar-refractivity contribution in [2.75, 3.05) is 18.6 Å². The van der Waals surface area contributed by atoms with Gasteiger partial charge in [-0.2, -0.15) is 0 Å². The van der Waals surface area contributed by atoms with Crippen LogP contribution >= 0.6 is 0 Å². The molecule has 2 unspecified atom stereocenters. The largest absolute Gasteiger partial charge is 0.341 e. The second-order valence-electron chi connectivity index (χ2n) is 5.13. The second-order valence-corrected chi connectivity index (χ2v) is 7.36. The molecule has 0 spiro atoms. The van der Waals surface area contributed by atoms with Crippen LogP contribution in [0.3, 0.4) is 0 Å². The van der Waals surface area contributed by atoms with Crippen LogP contribution in [0.5, 0.6) is 0 Å². The predicted molar refractivity (Wildman–Crippen MR) is 61.7 cm³/mol. The van der Waals surface area contributed by atoms with Crippen LogP contribution in [0.2, 0.25) is 0 Å². The number of hydrogen-bond acceptors (Lipinski definition) is 3. The van der Waals surface area contributed by atoms with Crippen LogP contribution in [-0.2, 0) is 14.6 Å². The van der Waals surface area contributed by atoms with Crippen molar-refractivity contribution in [3.8, 4) is 0 Å². The number of carbonyl (C=O) groups excluding carboxylic acids is 1. The Morgan fingerprint density at radius 2 is 1.94 bits per heavy atom. The Balaban J connectivity index is 1.97. The molecule has 2 rings (SSSR count). The van der Waals surface area contributed by atoms with Crippen LogP contribution < -0.4 is 0 Å². The number of sulfone groups is 1. The van der Waals surface area contributed by atoms with Crippen molar-refractivity contribution < 1.29 is 13.2 Å². The molecular formula is C11H19NO3S. The average Bonchev–Trinajstić information content (AvgIpc) is 3.00. The van der Waals surface area contributed by atoms with E-state index in [4.69, 9.17) is 0 Å². The highest BCUT2D eigenvalue weighted by Gasteiger charge is 2.38. The van der Waals surface area contributed by atoms with Crippen molar-refractivity contribution in [3.05, 3.63) is 0 Å². The summed E-state index contributed by atoms with van der Waals surface area (Å²) in [6.07, 6.45) is 2.88. The van der Waals surface area contributed by atoms with E-state index in [1.807, 2.05) is 6.92 Å². The number of rotatable bonds is 3. The topological polar surface area (TPSA) is 54.5 Å². The highest BCUT2D eigenvalue weighted by Crippen LogP contribution is 2.37. The van der Waals surface area contributed by atoms with Crippen molar-refractivity contribution >= 4 is 15.7 Å². The quantitative estimate of drug-likeness (QED) is 0.734. The van der Waals surface area contributed by atoms with E-state index in [0.29, 0.717) is 12.3 Å². The molecule has 16 heavy (non-hydrogen) atoms. The first-order valence-electron chi connectivity index (χ1n) is 5.88. The molecule has 2 atom stereocenters. The Morgan fingerprint density at radius 3 is 2.38 bits per heavy atom. The van der Waals surface area contributed by atoms with Crippen molar-refractivity contribution in [2.24, 2.45) is 11.8 Å². The molecule has 0 aromatic heterocycles. The Hall–Kier alpha value is -0.580. The number of hydrogen-bond donors (Lipinski definition) is 0. The van der Waals surface area contributed by atoms with E-state index in [1.54, 1.807) is 11.9 Å². The van der Waals surface area contributed by atoms with E-state index in [2.05, 4.69) is 0 Å². The van der Waals surface area contributed by atoms with Gasteiger partial charge in [0.05, 0.1) is 11.5 Å². The molecule has 1 amide bonds. The molecule has 2 aliphatic rings. The summed E-state index contributed by atoms with van der Waals surface area (Å²) in [5, 5.41) is 0. The van der Waals surface area contributed by atoms with E-state index < -0.39 is 9.84 Å². The normalized spacial score (nSPS) is 30.0. The van der Waals surface area contributed by atoms with E-state index in [0.717, 1.165) is 12.8 Å². The van der Waals surface area contributed by atoms with Gasteiger partial charge in [-0.3, -0.25) is 4.79 Å². The highest BCUT2D eigenvalue weighted by atomic mass is 32.2. The predicted octanol–water partition coefficient (Wildman–Crippen LogP) is 0.678. The number of nitrogens with zero attached hydrogens (tertiary/aromatic N) is 1. The third-order valence-corrected chi connectivity index (χ3v) is 5.57. The third-order valence-electron chi connectivity index (χ3n) is 3.82. The molecule has 0 bridgehead atoms. The summed E-state index contributed by atoms with van der Waals surface area (Å²) in [5.74, 6) is 1.09. The Bertz CT molecular complexity index is 386. The van der Waals surface area contributed by atoms with E-state index >= 15 is 0 Å². The van der Waals surface area contributed by atoms with Crippen molar-refractivity contribution in [1.82, 2.24) is 4.90 Å². The molecular weight excluding hydrogens is 226 g/mol. The summed E-state index contributed by atoms with van der Waals surface area (Å²) in [7, 11) is -1.16. The third kappa shape index (κ3) is 2.39. The van der Waals surface area contributed by atoms with Crippen LogP contribution in [0.15, 0.2) is 0 Å². The van der Waals surface area contributed by atoms with Gasteiger partial charge in [0.25, 0.3) is 0 Å². The van der Waals surface area contributed by atoms with Gasteiger partial charge >= 0.3 is 0 Å². The minimum absolute atomic E-state index is 0.0632. The molecule has 1 saturated carbocycles. The summed E-state index contributed by atoms with van der Waals surface area (Å²) in [6, 6.07) is -0.0984. The zero-order valence-electron chi connectivity index (χ0n) is 9.85. The fourth-order valence-corrected chi connectivity index (χ4v) is 4.15. The molecule has 5 heteroatoms. The van der Waals surface area contributed by atoms with Gasteiger partial charge < -0.3 is 4.90 Å². The molecule has 0 radical (unpaired) electrons. The van der Waals surface area contributed by atoms with Gasteiger partial charge in [0.2, 0.25) is 5.91 Å². The van der Waals surface area contributed by atoms with Gasteiger partial charge in [-0.25, -0.2) is 8.42 Å². The molecule has 4 nitrogen and oxygen atoms in total. The lowest BCUT2D eigenvalue weighted by Gasteiger charge is -2.26. The fourth-order valence-electron chi connectivity index (χ4n) is 2.38. The summed E-state index contributed by atoms with van der Waals surface area (Å²) >= 11 is 0. The Morgan fingerprint density at radius 1 is 1.31 bits per heavy atom. The zero-order chi connectivity index (χ0) is 11.9. The molecule has 1 heterocycles. The summed E-state index contributed by atoms with van der Waals surface area (Å²) in [6.45, 7) is 1.96. The van der Waals surface area contributed by atoms with Gasteiger partial charge in [-0.15, -0.1) is 0 Å². The summed E-state index contributed by atoms with van der Waals surface area (Å²) < 4.78 is 22.7. The Kier molecular flexibility index (Phi) is 2.99. The van der Waals surface area contributed by atoms with E-state index in [1.165, 1.54) is 0 Å². The van der Waals surface area contributed by atoms with E-state index in [-0.39, 0.29) is 29.4 Å². The molecule has 0 aromatic rings. The molecule has 1 saturated heterocycles. The smallest absolute Gasteiger partial charge is 0.225 e. The lowest BCUT2D eigenvalue weighted by molar-refractivity contribution is -0.136. The van der Waals surface area contributed by atoms with Gasteiger partial charge in [0.1, 0.15) is 0 Å². The zero-order valence-corrected chi connectivity index (χ0v) is 10.7. The molecule has 1 aliphatic carbocycles. The van der Waals surface area contributed by atoms with Crippen molar-refractivity contribution in [2.45, 2.75) is 32.2 Å². The lowest BCUT2D eigenvalue weighted by atomic mass is 10.0. The molecule has 92 valence electrons. The van der Waals surface area contributed by atoms with Crippen LogP contribution in [0.1, 0.15) is 26.2 Å². The SMILES string of the molecule is CC(C(=O)N(C)C1CCS(=O)(=O)C1)C1CC1. The highest BCUT2D eigenvalue weighted by molar-refractivity contribution is 7.91. The number of carbonyl (C=O) groups is 1.